The van der Waals surface area contributed by atoms with Crippen molar-refractivity contribution in [3.8, 4) is 5.82 Å². The minimum absolute atomic E-state index is 0.400. The zero-order chi connectivity index (χ0) is 13.1. The molecule has 0 aliphatic rings. The summed E-state index contributed by atoms with van der Waals surface area (Å²) in [4.78, 5) is 4.53. The van der Waals surface area contributed by atoms with E-state index in [1.165, 1.54) is 0 Å². The monoisotopic (exact) mass is 376 g/mol. The van der Waals surface area contributed by atoms with Crippen LogP contribution in [-0.4, -0.2) is 20.8 Å². The van der Waals surface area contributed by atoms with Gasteiger partial charge < -0.3 is 5.32 Å². The summed E-state index contributed by atoms with van der Waals surface area (Å²) in [6.45, 7) is 4.84. The highest BCUT2D eigenvalue weighted by Gasteiger charge is 2.07. The summed E-state index contributed by atoms with van der Waals surface area (Å²) in [6, 6.07) is 4.12. The van der Waals surface area contributed by atoms with Crippen molar-refractivity contribution in [3.63, 3.8) is 0 Å². The third kappa shape index (κ3) is 3.43. The highest BCUT2D eigenvalue weighted by molar-refractivity contribution is 14.1. The van der Waals surface area contributed by atoms with Gasteiger partial charge in [0.2, 0.25) is 0 Å². The third-order valence-corrected chi connectivity index (χ3v) is 3.27. The number of hydrogen-bond acceptors (Lipinski definition) is 3. The van der Waals surface area contributed by atoms with Gasteiger partial charge in [0.1, 0.15) is 0 Å². The van der Waals surface area contributed by atoms with Crippen molar-refractivity contribution in [2.75, 3.05) is 0 Å². The summed E-state index contributed by atoms with van der Waals surface area (Å²) in [7, 11) is 0. The molecule has 96 valence electrons. The fourth-order valence-corrected chi connectivity index (χ4v) is 2.01. The quantitative estimate of drug-likeness (QED) is 0.834. The first kappa shape index (κ1) is 13.8. The minimum atomic E-state index is 0.400. The summed E-state index contributed by atoms with van der Waals surface area (Å²) in [5.74, 6) is 0.780. The molecule has 0 fully saturated rings. The number of rotatable bonds is 4. The maximum Gasteiger partial charge on any atom is 0.153 e. The second kappa shape index (κ2) is 5.99. The molecule has 6 heteroatoms. The molecule has 4 nitrogen and oxygen atoms in total. The van der Waals surface area contributed by atoms with Gasteiger partial charge in [-0.1, -0.05) is 25.4 Å². The number of nitrogens with one attached hydrogen (secondary N) is 1. The average Bonchev–Trinajstić information content (AvgIpc) is 2.74. The first-order valence-corrected chi connectivity index (χ1v) is 7.11. The Morgan fingerprint density at radius 1 is 1.44 bits per heavy atom. The van der Waals surface area contributed by atoms with E-state index in [0.29, 0.717) is 17.6 Å². The largest absolute Gasteiger partial charge is 0.309 e. The summed E-state index contributed by atoms with van der Waals surface area (Å²) in [5, 5.41) is 8.22. The lowest BCUT2D eigenvalue weighted by Crippen LogP contribution is -2.22. The van der Waals surface area contributed by atoms with Crippen LogP contribution in [0, 0.1) is 3.57 Å². The number of nitrogens with zero attached hydrogens (tertiary/aromatic N) is 3. The van der Waals surface area contributed by atoms with Crippen molar-refractivity contribution in [2.24, 2.45) is 0 Å². The second-order valence-corrected chi connectivity index (χ2v) is 5.89. The van der Waals surface area contributed by atoms with Crippen LogP contribution < -0.4 is 5.32 Å². The molecular formula is C12H14ClIN4. The molecule has 0 aliphatic heterocycles. The second-order valence-electron chi connectivity index (χ2n) is 4.24. The standard InChI is InChI=1S/C12H14ClIN4/c1-8(2)15-6-11-10(13)3-4-12(17-11)18-7-9(14)5-16-18/h3-5,7-8,15H,6H2,1-2H3. The Kier molecular flexibility index (Phi) is 4.58. The van der Waals surface area contributed by atoms with Crippen LogP contribution in [0.2, 0.25) is 5.02 Å². The van der Waals surface area contributed by atoms with E-state index in [-0.39, 0.29) is 0 Å². The molecular weight excluding hydrogens is 363 g/mol. The van der Waals surface area contributed by atoms with Crippen molar-refractivity contribution in [2.45, 2.75) is 26.4 Å². The molecule has 0 bridgehead atoms. The molecule has 18 heavy (non-hydrogen) atoms. The molecule has 2 aromatic rings. The molecule has 2 heterocycles. The number of halogens is 2. The number of aromatic nitrogens is 3. The van der Waals surface area contributed by atoms with Crippen molar-refractivity contribution in [3.05, 3.63) is 38.8 Å². The lowest BCUT2D eigenvalue weighted by atomic mass is 10.3. The molecule has 0 aromatic carbocycles. The highest BCUT2D eigenvalue weighted by Crippen LogP contribution is 2.16. The van der Waals surface area contributed by atoms with Crippen LogP contribution >= 0.6 is 34.2 Å². The third-order valence-electron chi connectivity index (χ3n) is 2.37. The van der Waals surface area contributed by atoms with Gasteiger partial charge in [-0.25, -0.2) is 9.67 Å². The van der Waals surface area contributed by atoms with Crippen LogP contribution in [0.25, 0.3) is 5.82 Å². The molecule has 0 saturated carbocycles. The maximum atomic E-state index is 6.14. The van der Waals surface area contributed by atoms with E-state index in [9.17, 15) is 0 Å². The molecule has 0 atom stereocenters. The van der Waals surface area contributed by atoms with E-state index >= 15 is 0 Å². The summed E-state index contributed by atoms with van der Waals surface area (Å²) >= 11 is 8.36. The maximum absolute atomic E-state index is 6.14. The Morgan fingerprint density at radius 2 is 2.22 bits per heavy atom. The van der Waals surface area contributed by atoms with E-state index < -0.39 is 0 Å². The van der Waals surface area contributed by atoms with Crippen LogP contribution in [0.4, 0.5) is 0 Å². The molecule has 2 aromatic heterocycles. The molecule has 0 spiro atoms. The predicted molar refractivity (Wildman–Crippen MR) is 81.1 cm³/mol. The fraction of sp³-hybridized carbons (Fsp3) is 0.333. The van der Waals surface area contributed by atoms with Crippen molar-refractivity contribution < 1.29 is 0 Å². The number of pyridine rings is 1. The summed E-state index contributed by atoms with van der Waals surface area (Å²) < 4.78 is 2.82. The van der Waals surface area contributed by atoms with Crippen LogP contribution in [0.5, 0.6) is 0 Å². The zero-order valence-electron chi connectivity index (χ0n) is 10.2. The molecule has 0 aliphatic carbocycles. The Hall–Kier alpha value is -0.660. The lowest BCUT2D eigenvalue weighted by molar-refractivity contribution is 0.580. The van der Waals surface area contributed by atoms with Gasteiger partial charge in [-0.15, -0.1) is 0 Å². The van der Waals surface area contributed by atoms with Crippen molar-refractivity contribution in [1.82, 2.24) is 20.1 Å². The van der Waals surface area contributed by atoms with Gasteiger partial charge in [-0.05, 0) is 34.7 Å². The molecule has 0 amide bonds. The average molecular weight is 377 g/mol. The number of hydrogen-bond donors (Lipinski definition) is 1. The van der Waals surface area contributed by atoms with Gasteiger partial charge in [0.15, 0.2) is 5.82 Å². The molecule has 0 radical (unpaired) electrons. The van der Waals surface area contributed by atoms with E-state index in [0.717, 1.165) is 15.1 Å². The smallest absolute Gasteiger partial charge is 0.153 e. The van der Waals surface area contributed by atoms with Gasteiger partial charge in [-0.3, -0.25) is 0 Å². The van der Waals surface area contributed by atoms with Crippen LogP contribution in [0.3, 0.4) is 0 Å². The van der Waals surface area contributed by atoms with Crippen molar-refractivity contribution in [1.29, 1.82) is 0 Å². The minimum Gasteiger partial charge on any atom is -0.309 e. The van der Waals surface area contributed by atoms with Gasteiger partial charge in [0.25, 0.3) is 0 Å². The SMILES string of the molecule is CC(C)NCc1nc(-n2cc(I)cn2)ccc1Cl. The topological polar surface area (TPSA) is 42.7 Å². The highest BCUT2D eigenvalue weighted by atomic mass is 127. The van der Waals surface area contributed by atoms with E-state index in [4.69, 9.17) is 11.6 Å². The van der Waals surface area contributed by atoms with E-state index in [1.807, 2.05) is 18.3 Å². The first-order chi connectivity index (χ1) is 8.56. The fourth-order valence-electron chi connectivity index (χ4n) is 1.45. The van der Waals surface area contributed by atoms with Crippen LogP contribution in [0.1, 0.15) is 19.5 Å². The molecule has 0 saturated heterocycles. The van der Waals surface area contributed by atoms with Crippen LogP contribution in [-0.2, 0) is 6.54 Å². The van der Waals surface area contributed by atoms with Gasteiger partial charge in [-0.2, -0.15) is 5.10 Å². The summed E-state index contributed by atoms with van der Waals surface area (Å²) in [5.41, 5.74) is 0.841. The normalized spacial score (nSPS) is 11.2. The Bertz CT molecular complexity index is 539. The Labute approximate surface area is 125 Å². The van der Waals surface area contributed by atoms with E-state index in [2.05, 4.69) is 51.8 Å². The summed E-state index contributed by atoms with van der Waals surface area (Å²) in [6.07, 6.45) is 3.72. The molecule has 1 N–H and O–H groups in total. The van der Waals surface area contributed by atoms with Crippen molar-refractivity contribution >= 4 is 34.2 Å². The Morgan fingerprint density at radius 3 is 2.83 bits per heavy atom. The van der Waals surface area contributed by atoms with Crippen LogP contribution in [0.15, 0.2) is 24.5 Å². The van der Waals surface area contributed by atoms with Gasteiger partial charge in [0.05, 0.1) is 20.5 Å². The van der Waals surface area contributed by atoms with E-state index in [1.54, 1.807) is 10.9 Å². The predicted octanol–water partition coefficient (Wildman–Crippen LogP) is 3.02. The van der Waals surface area contributed by atoms with Gasteiger partial charge in [0, 0.05) is 18.8 Å². The van der Waals surface area contributed by atoms with Gasteiger partial charge >= 0.3 is 0 Å². The lowest BCUT2D eigenvalue weighted by Gasteiger charge is -2.10. The molecule has 0 unspecified atom stereocenters. The first-order valence-electron chi connectivity index (χ1n) is 5.65. The molecule has 2 rings (SSSR count). The zero-order valence-corrected chi connectivity index (χ0v) is 13.1. The Balaban J connectivity index is 2.25.